The molecule has 0 radical (unpaired) electrons. The summed E-state index contributed by atoms with van der Waals surface area (Å²) in [5, 5.41) is 5.24. The molecule has 0 saturated heterocycles. The zero-order valence-corrected chi connectivity index (χ0v) is 17.8. The third-order valence-corrected chi connectivity index (χ3v) is 6.04. The summed E-state index contributed by atoms with van der Waals surface area (Å²) in [7, 11) is 3.09. The second-order valence-electron chi connectivity index (χ2n) is 6.84. The molecule has 2 N–H and O–H groups in total. The van der Waals surface area contributed by atoms with Crippen LogP contribution in [0.15, 0.2) is 53.4 Å². The predicted octanol–water partition coefficient (Wildman–Crippen LogP) is 1.05. The van der Waals surface area contributed by atoms with Gasteiger partial charge < -0.3 is 15.5 Å². The van der Waals surface area contributed by atoms with E-state index in [1.54, 1.807) is 0 Å². The Labute approximate surface area is 171 Å². The first-order valence-corrected chi connectivity index (χ1v) is 10.4. The van der Waals surface area contributed by atoms with Crippen LogP contribution in [0, 0.1) is 0 Å². The summed E-state index contributed by atoms with van der Waals surface area (Å²) in [5.74, 6) is -0.863. The molecular formula is C20H26N4O4S. The van der Waals surface area contributed by atoms with Crippen LogP contribution in [0.5, 0.6) is 0 Å². The van der Waals surface area contributed by atoms with Crippen molar-refractivity contribution in [3.05, 3.63) is 59.7 Å². The van der Waals surface area contributed by atoms with Crippen molar-refractivity contribution in [3.63, 3.8) is 0 Å². The van der Waals surface area contributed by atoms with Crippen molar-refractivity contribution in [1.29, 1.82) is 0 Å². The van der Waals surface area contributed by atoms with Gasteiger partial charge in [-0.3, -0.25) is 9.59 Å². The summed E-state index contributed by atoms with van der Waals surface area (Å²) in [5.41, 5.74) is 2.17. The number of nitrogens with one attached hydrogen (secondary N) is 2. The first-order chi connectivity index (χ1) is 13.6. The van der Waals surface area contributed by atoms with Crippen molar-refractivity contribution in [2.24, 2.45) is 0 Å². The van der Waals surface area contributed by atoms with E-state index in [9.17, 15) is 18.0 Å². The van der Waals surface area contributed by atoms with E-state index < -0.39 is 15.9 Å². The fourth-order valence-corrected chi connectivity index (χ4v) is 3.39. The molecule has 0 fully saturated rings. The van der Waals surface area contributed by atoms with Crippen LogP contribution in [0.2, 0.25) is 0 Å². The van der Waals surface area contributed by atoms with Crippen LogP contribution < -0.4 is 15.5 Å². The van der Waals surface area contributed by atoms with Gasteiger partial charge in [0.25, 0.3) is 5.91 Å². The number of sulfonamides is 1. The van der Waals surface area contributed by atoms with E-state index in [2.05, 4.69) is 10.6 Å². The minimum atomic E-state index is -3.64. The summed E-state index contributed by atoms with van der Waals surface area (Å²) < 4.78 is 25.4. The SMILES string of the molecule is CN(C)c1ccc(CNC(=O)CNC(=O)c2cccc(S(=O)(=O)N(C)C)c2)cc1. The van der Waals surface area contributed by atoms with E-state index in [4.69, 9.17) is 0 Å². The molecule has 156 valence electrons. The van der Waals surface area contributed by atoms with Gasteiger partial charge >= 0.3 is 0 Å². The molecule has 0 aromatic heterocycles. The van der Waals surface area contributed by atoms with Crippen molar-refractivity contribution >= 4 is 27.5 Å². The Hall–Kier alpha value is -2.91. The van der Waals surface area contributed by atoms with Gasteiger partial charge in [-0.25, -0.2) is 12.7 Å². The number of benzene rings is 2. The molecule has 0 aliphatic heterocycles. The lowest BCUT2D eigenvalue weighted by molar-refractivity contribution is -0.120. The smallest absolute Gasteiger partial charge is 0.251 e. The van der Waals surface area contributed by atoms with E-state index in [1.807, 2.05) is 43.3 Å². The summed E-state index contributed by atoms with van der Waals surface area (Å²) in [6, 6.07) is 13.4. The van der Waals surface area contributed by atoms with Gasteiger partial charge in [-0.15, -0.1) is 0 Å². The fraction of sp³-hybridized carbons (Fsp3) is 0.300. The van der Waals surface area contributed by atoms with Crippen molar-refractivity contribution in [2.45, 2.75) is 11.4 Å². The lowest BCUT2D eigenvalue weighted by atomic mass is 10.2. The van der Waals surface area contributed by atoms with E-state index in [0.717, 1.165) is 15.6 Å². The number of carbonyl (C=O) groups is 2. The predicted molar refractivity (Wildman–Crippen MR) is 112 cm³/mol. The molecule has 2 aromatic carbocycles. The fourth-order valence-electron chi connectivity index (χ4n) is 2.45. The van der Waals surface area contributed by atoms with Gasteiger partial charge in [0.15, 0.2) is 0 Å². The molecule has 2 aromatic rings. The zero-order valence-electron chi connectivity index (χ0n) is 17.0. The molecule has 2 amide bonds. The molecule has 0 saturated carbocycles. The molecule has 0 unspecified atom stereocenters. The number of carbonyl (C=O) groups excluding carboxylic acids is 2. The Balaban J connectivity index is 1.89. The number of rotatable bonds is 8. The van der Waals surface area contributed by atoms with E-state index >= 15 is 0 Å². The second-order valence-corrected chi connectivity index (χ2v) is 8.99. The summed E-state index contributed by atoms with van der Waals surface area (Å²) in [6.07, 6.45) is 0. The Kier molecular flexibility index (Phi) is 7.35. The van der Waals surface area contributed by atoms with Gasteiger partial charge in [0.05, 0.1) is 11.4 Å². The van der Waals surface area contributed by atoms with Gasteiger partial charge in [0, 0.05) is 46.0 Å². The normalized spacial score (nSPS) is 11.2. The zero-order chi connectivity index (χ0) is 21.6. The highest BCUT2D eigenvalue weighted by atomic mass is 32.2. The summed E-state index contributed by atoms with van der Waals surface area (Å²) in [6.45, 7) is 0.137. The lowest BCUT2D eigenvalue weighted by Crippen LogP contribution is -2.36. The Morgan fingerprint density at radius 1 is 0.931 bits per heavy atom. The van der Waals surface area contributed by atoms with Crippen molar-refractivity contribution in [2.75, 3.05) is 39.6 Å². The Bertz CT molecular complexity index is 970. The maximum absolute atomic E-state index is 12.3. The summed E-state index contributed by atoms with van der Waals surface area (Å²) in [4.78, 5) is 26.3. The maximum atomic E-state index is 12.3. The molecular weight excluding hydrogens is 392 g/mol. The highest BCUT2D eigenvalue weighted by Crippen LogP contribution is 2.15. The molecule has 0 heterocycles. The van der Waals surface area contributed by atoms with E-state index in [-0.39, 0.29) is 22.9 Å². The number of hydrogen-bond donors (Lipinski definition) is 2. The minimum Gasteiger partial charge on any atom is -0.378 e. The number of nitrogens with zero attached hydrogens (tertiary/aromatic N) is 2. The van der Waals surface area contributed by atoms with Crippen LogP contribution in [-0.2, 0) is 21.4 Å². The van der Waals surface area contributed by atoms with Crippen molar-refractivity contribution in [3.8, 4) is 0 Å². The van der Waals surface area contributed by atoms with Gasteiger partial charge in [0.2, 0.25) is 15.9 Å². The molecule has 0 bridgehead atoms. The van der Waals surface area contributed by atoms with Gasteiger partial charge in [-0.05, 0) is 35.9 Å². The standard InChI is InChI=1S/C20H26N4O4S/c1-23(2)17-10-8-15(9-11-17)13-21-19(25)14-22-20(26)16-6-5-7-18(12-16)29(27,28)24(3)4/h5-12H,13-14H2,1-4H3,(H,21,25)(H,22,26). The van der Waals surface area contributed by atoms with Crippen LogP contribution in [-0.4, -0.2) is 59.3 Å². The molecule has 0 atom stereocenters. The molecule has 8 nitrogen and oxygen atoms in total. The molecule has 0 aliphatic carbocycles. The van der Waals surface area contributed by atoms with Crippen molar-refractivity contribution in [1.82, 2.24) is 14.9 Å². The van der Waals surface area contributed by atoms with Gasteiger partial charge in [-0.1, -0.05) is 18.2 Å². The number of hydrogen-bond acceptors (Lipinski definition) is 5. The van der Waals surface area contributed by atoms with Crippen LogP contribution in [0.1, 0.15) is 15.9 Å². The Morgan fingerprint density at radius 3 is 2.17 bits per heavy atom. The highest BCUT2D eigenvalue weighted by molar-refractivity contribution is 7.89. The average Bonchev–Trinajstić information content (AvgIpc) is 2.70. The quantitative estimate of drug-likeness (QED) is 0.668. The first kappa shape index (κ1) is 22.4. The maximum Gasteiger partial charge on any atom is 0.251 e. The number of amides is 2. The Morgan fingerprint density at radius 2 is 1.59 bits per heavy atom. The monoisotopic (exact) mass is 418 g/mol. The molecule has 0 aliphatic rings. The third kappa shape index (κ3) is 6.03. The third-order valence-electron chi connectivity index (χ3n) is 4.23. The first-order valence-electron chi connectivity index (χ1n) is 8.95. The topological polar surface area (TPSA) is 98.8 Å². The average molecular weight is 419 g/mol. The largest absolute Gasteiger partial charge is 0.378 e. The molecule has 29 heavy (non-hydrogen) atoms. The lowest BCUT2D eigenvalue weighted by Gasteiger charge is -2.13. The van der Waals surface area contributed by atoms with Crippen LogP contribution in [0.4, 0.5) is 5.69 Å². The molecule has 9 heteroatoms. The summed E-state index contributed by atoms with van der Waals surface area (Å²) >= 11 is 0. The minimum absolute atomic E-state index is 0.0146. The molecule has 2 rings (SSSR count). The van der Waals surface area contributed by atoms with Gasteiger partial charge in [0.1, 0.15) is 0 Å². The van der Waals surface area contributed by atoms with Crippen molar-refractivity contribution < 1.29 is 18.0 Å². The van der Waals surface area contributed by atoms with Crippen LogP contribution in [0.25, 0.3) is 0 Å². The van der Waals surface area contributed by atoms with Crippen LogP contribution >= 0.6 is 0 Å². The molecule has 0 spiro atoms. The van der Waals surface area contributed by atoms with E-state index in [1.165, 1.54) is 38.4 Å². The van der Waals surface area contributed by atoms with Crippen LogP contribution in [0.3, 0.4) is 0 Å². The van der Waals surface area contributed by atoms with Gasteiger partial charge in [-0.2, -0.15) is 0 Å². The number of anilines is 1. The van der Waals surface area contributed by atoms with E-state index in [0.29, 0.717) is 6.54 Å². The highest BCUT2D eigenvalue weighted by Gasteiger charge is 2.18. The second kappa shape index (κ2) is 9.53.